The zero-order valence-electron chi connectivity index (χ0n) is 11.5. The first-order valence-electron chi connectivity index (χ1n) is 6.24. The number of hydrogen-bond acceptors (Lipinski definition) is 2. The van der Waals surface area contributed by atoms with Gasteiger partial charge in [0, 0.05) is 24.9 Å². The highest BCUT2D eigenvalue weighted by Crippen LogP contribution is 2.10. The maximum Gasteiger partial charge on any atom is 0.133 e. The molecule has 18 heavy (non-hydrogen) atoms. The van der Waals surface area contributed by atoms with Crippen LogP contribution in [0.15, 0.2) is 41.5 Å². The molecular weight excluding hydrogens is 224 g/mol. The second-order valence-electron chi connectivity index (χ2n) is 4.11. The largest absolute Gasteiger partial charge is 0.383 e. The van der Waals surface area contributed by atoms with E-state index in [2.05, 4.69) is 42.9 Å². The summed E-state index contributed by atoms with van der Waals surface area (Å²) < 4.78 is 5.05. The van der Waals surface area contributed by atoms with Crippen molar-refractivity contribution in [1.82, 2.24) is 5.32 Å². The molecule has 0 aliphatic rings. The molecule has 0 aliphatic heterocycles. The minimum atomic E-state index is 0.656. The Morgan fingerprint density at radius 2 is 2.11 bits per heavy atom. The average molecular weight is 246 g/mol. The van der Waals surface area contributed by atoms with Crippen LogP contribution in [0.2, 0.25) is 0 Å². The Morgan fingerprint density at radius 3 is 2.72 bits per heavy atom. The number of hydrogen-bond donors (Lipinski definition) is 1. The van der Waals surface area contributed by atoms with E-state index < -0.39 is 0 Å². The van der Waals surface area contributed by atoms with Crippen LogP contribution in [0.3, 0.4) is 0 Å². The highest BCUT2D eigenvalue weighted by Gasteiger charge is 2.06. The molecule has 0 saturated heterocycles. The van der Waals surface area contributed by atoms with E-state index in [0.717, 1.165) is 30.1 Å². The molecule has 3 nitrogen and oxygen atoms in total. The molecule has 0 fully saturated rings. The molecular formula is C15H22N2O. The molecule has 0 amide bonds. The molecule has 0 unspecified atom stereocenters. The third-order valence-electron chi connectivity index (χ3n) is 2.68. The van der Waals surface area contributed by atoms with Gasteiger partial charge in [0.05, 0.1) is 6.61 Å². The van der Waals surface area contributed by atoms with Gasteiger partial charge in [-0.1, -0.05) is 37.8 Å². The number of rotatable bonds is 6. The summed E-state index contributed by atoms with van der Waals surface area (Å²) in [6, 6.07) is 8.19. The molecule has 0 bridgehead atoms. The lowest BCUT2D eigenvalue weighted by molar-refractivity contribution is 0.204. The average Bonchev–Trinajstić information content (AvgIpc) is 2.38. The number of ether oxygens (including phenoxy) is 1. The van der Waals surface area contributed by atoms with Crippen LogP contribution in [-0.2, 0) is 4.74 Å². The minimum absolute atomic E-state index is 0.656. The van der Waals surface area contributed by atoms with Crippen LogP contribution < -0.4 is 5.32 Å². The Morgan fingerprint density at radius 1 is 1.39 bits per heavy atom. The van der Waals surface area contributed by atoms with E-state index in [4.69, 9.17) is 4.74 Å². The zero-order valence-corrected chi connectivity index (χ0v) is 11.5. The summed E-state index contributed by atoms with van der Waals surface area (Å²) in [6.45, 7) is 9.46. The van der Waals surface area contributed by atoms with Crippen LogP contribution in [-0.4, -0.2) is 26.1 Å². The lowest BCUT2D eigenvalue weighted by atomic mass is 10.1. The van der Waals surface area contributed by atoms with Crippen LogP contribution in [0.4, 0.5) is 0 Å². The van der Waals surface area contributed by atoms with Gasteiger partial charge < -0.3 is 10.1 Å². The first-order valence-corrected chi connectivity index (χ1v) is 6.24. The van der Waals surface area contributed by atoms with Crippen molar-refractivity contribution in [3.8, 4) is 0 Å². The minimum Gasteiger partial charge on any atom is -0.383 e. The maximum atomic E-state index is 5.05. The summed E-state index contributed by atoms with van der Waals surface area (Å²) in [4.78, 5) is 4.55. The van der Waals surface area contributed by atoms with E-state index in [0.29, 0.717) is 6.61 Å². The van der Waals surface area contributed by atoms with Crippen molar-refractivity contribution >= 4 is 5.84 Å². The van der Waals surface area contributed by atoms with Gasteiger partial charge in [-0.3, -0.25) is 0 Å². The Kier molecular flexibility index (Phi) is 6.15. The molecule has 0 saturated carbocycles. The SMILES string of the molecule is C=C(CC)/N=C(/NCCOC)c1ccccc1C. The molecule has 98 valence electrons. The Balaban J connectivity index is 2.93. The third-order valence-corrected chi connectivity index (χ3v) is 2.68. The second-order valence-corrected chi connectivity index (χ2v) is 4.11. The number of allylic oxidation sites excluding steroid dienone is 1. The van der Waals surface area contributed by atoms with Gasteiger partial charge in [-0.15, -0.1) is 0 Å². The smallest absolute Gasteiger partial charge is 0.133 e. The molecule has 1 aromatic carbocycles. The topological polar surface area (TPSA) is 33.6 Å². The van der Waals surface area contributed by atoms with Crippen molar-refractivity contribution in [1.29, 1.82) is 0 Å². The predicted octanol–water partition coefficient (Wildman–Crippen LogP) is 2.90. The normalized spacial score (nSPS) is 11.4. The molecule has 0 heterocycles. The Labute approximate surface area is 110 Å². The van der Waals surface area contributed by atoms with Gasteiger partial charge in [0.2, 0.25) is 0 Å². The summed E-state index contributed by atoms with van der Waals surface area (Å²) in [6.07, 6.45) is 0.849. The number of nitrogens with zero attached hydrogens (tertiary/aromatic N) is 1. The van der Waals surface area contributed by atoms with Crippen LogP contribution in [0.5, 0.6) is 0 Å². The summed E-state index contributed by atoms with van der Waals surface area (Å²) in [5.74, 6) is 0.872. The first kappa shape index (κ1) is 14.5. The monoisotopic (exact) mass is 246 g/mol. The van der Waals surface area contributed by atoms with Gasteiger partial charge in [-0.2, -0.15) is 0 Å². The quantitative estimate of drug-likeness (QED) is 0.475. The van der Waals surface area contributed by atoms with Gasteiger partial charge in [0.15, 0.2) is 0 Å². The molecule has 1 rings (SSSR count). The number of nitrogens with one attached hydrogen (secondary N) is 1. The Hall–Kier alpha value is -1.61. The van der Waals surface area contributed by atoms with E-state index in [1.807, 2.05) is 12.1 Å². The summed E-state index contributed by atoms with van der Waals surface area (Å²) in [5, 5.41) is 3.31. The molecule has 3 heteroatoms. The lowest BCUT2D eigenvalue weighted by Gasteiger charge is -2.12. The van der Waals surface area contributed by atoms with Crippen molar-refractivity contribution < 1.29 is 4.74 Å². The van der Waals surface area contributed by atoms with Gasteiger partial charge in [0.1, 0.15) is 5.84 Å². The van der Waals surface area contributed by atoms with Crippen molar-refractivity contribution in [3.63, 3.8) is 0 Å². The van der Waals surface area contributed by atoms with Crippen LogP contribution >= 0.6 is 0 Å². The standard InChI is InChI=1S/C15H22N2O/c1-5-13(3)17-15(16-10-11-18-4)14-9-7-6-8-12(14)2/h6-9H,3,5,10-11H2,1-2,4H3,(H,16,17). The molecule has 0 aromatic heterocycles. The van der Waals surface area contributed by atoms with Crippen molar-refractivity contribution in [2.24, 2.45) is 4.99 Å². The first-order chi connectivity index (χ1) is 8.69. The van der Waals surface area contributed by atoms with E-state index in [9.17, 15) is 0 Å². The fraction of sp³-hybridized carbons (Fsp3) is 0.400. The Bertz CT molecular complexity index is 424. The fourth-order valence-corrected chi connectivity index (χ4v) is 1.54. The number of aliphatic imine (C=N–C) groups is 1. The lowest BCUT2D eigenvalue weighted by Crippen LogP contribution is -2.28. The predicted molar refractivity (Wildman–Crippen MR) is 77.0 cm³/mol. The van der Waals surface area contributed by atoms with Crippen molar-refractivity contribution in [2.45, 2.75) is 20.3 Å². The number of benzene rings is 1. The van der Waals surface area contributed by atoms with E-state index >= 15 is 0 Å². The number of aryl methyl sites for hydroxylation is 1. The van der Waals surface area contributed by atoms with Crippen molar-refractivity contribution in [3.05, 3.63) is 47.7 Å². The van der Waals surface area contributed by atoms with E-state index in [1.54, 1.807) is 7.11 Å². The highest BCUT2D eigenvalue weighted by atomic mass is 16.5. The van der Waals surface area contributed by atoms with Crippen molar-refractivity contribution in [2.75, 3.05) is 20.3 Å². The summed E-state index contributed by atoms with van der Waals surface area (Å²) >= 11 is 0. The van der Waals surface area contributed by atoms with Gasteiger partial charge in [-0.25, -0.2) is 4.99 Å². The van der Waals surface area contributed by atoms with Crippen LogP contribution in [0.1, 0.15) is 24.5 Å². The van der Waals surface area contributed by atoms with Gasteiger partial charge >= 0.3 is 0 Å². The molecule has 1 N–H and O–H groups in total. The molecule has 0 atom stereocenters. The van der Waals surface area contributed by atoms with E-state index in [-0.39, 0.29) is 0 Å². The fourth-order valence-electron chi connectivity index (χ4n) is 1.54. The summed E-state index contributed by atoms with van der Waals surface area (Å²) in [7, 11) is 1.69. The molecule has 0 aliphatic carbocycles. The van der Waals surface area contributed by atoms with Gasteiger partial charge in [-0.05, 0) is 18.9 Å². The highest BCUT2D eigenvalue weighted by molar-refractivity contribution is 6.00. The van der Waals surface area contributed by atoms with Crippen LogP contribution in [0, 0.1) is 6.92 Å². The maximum absolute atomic E-state index is 5.05. The number of methoxy groups -OCH3 is 1. The van der Waals surface area contributed by atoms with Gasteiger partial charge in [0.25, 0.3) is 0 Å². The van der Waals surface area contributed by atoms with Crippen LogP contribution in [0.25, 0.3) is 0 Å². The third kappa shape index (κ3) is 4.34. The molecule has 1 aromatic rings. The summed E-state index contributed by atoms with van der Waals surface area (Å²) in [5.41, 5.74) is 3.19. The second kappa shape index (κ2) is 7.67. The zero-order chi connectivity index (χ0) is 13.4. The molecule has 0 spiro atoms. The number of amidine groups is 1. The van der Waals surface area contributed by atoms with E-state index in [1.165, 1.54) is 5.56 Å². The molecule has 0 radical (unpaired) electrons.